The van der Waals surface area contributed by atoms with Gasteiger partial charge in [0.15, 0.2) is 6.29 Å². The van der Waals surface area contributed by atoms with Crippen molar-refractivity contribution in [2.75, 3.05) is 19.8 Å². The van der Waals surface area contributed by atoms with Crippen LogP contribution in [0.4, 0.5) is 0 Å². The van der Waals surface area contributed by atoms with Gasteiger partial charge in [-0.05, 0) is 31.3 Å². The molecule has 1 saturated heterocycles. The summed E-state index contributed by atoms with van der Waals surface area (Å²) in [5.41, 5.74) is 0. The Balaban J connectivity index is 1.74. The number of aliphatic hydroxyl groups excluding tert-OH is 1. The van der Waals surface area contributed by atoms with E-state index >= 15 is 0 Å². The second-order valence-corrected chi connectivity index (χ2v) is 4.33. The van der Waals surface area contributed by atoms with E-state index in [4.69, 9.17) is 18.7 Å². The van der Waals surface area contributed by atoms with Gasteiger partial charge in [-0.3, -0.25) is 0 Å². The molecule has 0 amide bonds. The predicted molar refractivity (Wildman–Crippen MR) is 62.3 cm³/mol. The lowest BCUT2D eigenvalue weighted by molar-refractivity contribution is -0.175. The molecule has 1 aromatic rings. The molecule has 18 heavy (non-hydrogen) atoms. The van der Waals surface area contributed by atoms with Crippen molar-refractivity contribution in [3.63, 3.8) is 0 Å². The average Bonchev–Trinajstić information content (AvgIpc) is 2.81. The van der Waals surface area contributed by atoms with Crippen molar-refractivity contribution in [1.29, 1.82) is 0 Å². The molecular weight excluding hydrogens is 238 g/mol. The molecule has 1 N–H and O–H groups in total. The molecule has 0 radical (unpaired) electrons. The largest absolute Gasteiger partial charge is 0.467 e. The van der Waals surface area contributed by atoms with Crippen LogP contribution in [-0.4, -0.2) is 42.5 Å². The minimum atomic E-state index is -0.458. The Morgan fingerprint density at radius 1 is 1.56 bits per heavy atom. The highest BCUT2D eigenvalue weighted by Crippen LogP contribution is 2.15. The van der Waals surface area contributed by atoms with Crippen molar-refractivity contribution in [3.8, 4) is 5.88 Å². The van der Waals surface area contributed by atoms with E-state index in [0.717, 1.165) is 25.9 Å². The lowest BCUT2D eigenvalue weighted by Gasteiger charge is -2.24. The van der Waals surface area contributed by atoms with Gasteiger partial charge >= 0.3 is 0 Å². The molecule has 2 unspecified atom stereocenters. The Morgan fingerprint density at radius 3 is 3.06 bits per heavy atom. The minimum absolute atomic E-state index is 0.140. The fourth-order valence-corrected chi connectivity index (χ4v) is 1.75. The van der Waals surface area contributed by atoms with Crippen LogP contribution in [0.25, 0.3) is 0 Å². The Labute approximate surface area is 106 Å². The Hall–Kier alpha value is -1.11. The SMILES string of the molecule is Cc1cc(OC(CO)COC2CCCCO2)no1. The molecule has 6 nitrogen and oxygen atoms in total. The first-order chi connectivity index (χ1) is 8.78. The second-order valence-electron chi connectivity index (χ2n) is 4.33. The summed E-state index contributed by atoms with van der Waals surface area (Å²) in [6.07, 6.45) is 2.44. The highest BCUT2D eigenvalue weighted by Gasteiger charge is 2.18. The molecule has 1 aliphatic rings. The van der Waals surface area contributed by atoms with Crippen molar-refractivity contribution in [2.24, 2.45) is 0 Å². The fourth-order valence-electron chi connectivity index (χ4n) is 1.75. The maximum atomic E-state index is 9.22. The summed E-state index contributed by atoms with van der Waals surface area (Å²) in [7, 11) is 0. The summed E-state index contributed by atoms with van der Waals surface area (Å²) >= 11 is 0. The van der Waals surface area contributed by atoms with Gasteiger partial charge < -0.3 is 23.8 Å². The highest BCUT2D eigenvalue weighted by molar-refractivity contribution is 5.09. The number of rotatable bonds is 6. The monoisotopic (exact) mass is 257 g/mol. The molecule has 6 heteroatoms. The first-order valence-corrected chi connectivity index (χ1v) is 6.22. The molecular formula is C12H19NO5. The Morgan fingerprint density at radius 2 is 2.44 bits per heavy atom. The molecule has 0 spiro atoms. The van der Waals surface area contributed by atoms with Crippen LogP contribution in [-0.2, 0) is 9.47 Å². The van der Waals surface area contributed by atoms with E-state index in [9.17, 15) is 5.11 Å². The summed E-state index contributed by atoms with van der Waals surface area (Å²) in [4.78, 5) is 0. The summed E-state index contributed by atoms with van der Waals surface area (Å²) < 4.78 is 21.3. The van der Waals surface area contributed by atoms with E-state index in [2.05, 4.69) is 5.16 Å². The molecule has 1 aromatic heterocycles. The van der Waals surface area contributed by atoms with Gasteiger partial charge in [0.05, 0.1) is 13.2 Å². The standard InChI is InChI=1S/C12H19NO5/c1-9-6-11(13-18-9)17-10(7-14)8-16-12-4-2-3-5-15-12/h6,10,12,14H,2-5,7-8H2,1H3. The van der Waals surface area contributed by atoms with Crippen molar-refractivity contribution >= 4 is 0 Å². The zero-order chi connectivity index (χ0) is 12.8. The zero-order valence-corrected chi connectivity index (χ0v) is 10.5. The van der Waals surface area contributed by atoms with Crippen LogP contribution >= 0.6 is 0 Å². The molecule has 102 valence electrons. The third-order valence-corrected chi connectivity index (χ3v) is 2.70. The summed E-state index contributed by atoms with van der Waals surface area (Å²) in [6.45, 7) is 2.64. The lowest BCUT2D eigenvalue weighted by atomic mass is 10.2. The highest BCUT2D eigenvalue weighted by atomic mass is 16.7. The van der Waals surface area contributed by atoms with Crippen LogP contribution in [0.15, 0.2) is 10.6 Å². The number of aryl methyl sites for hydroxylation is 1. The van der Waals surface area contributed by atoms with Crippen molar-refractivity contribution in [3.05, 3.63) is 11.8 Å². The zero-order valence-electron chi connectivity index (χ0n) is 10.5. The molecule has 2 rings (SSSR count). The first-order valence-electron chi connectivity index (χ1n) is 6.22. The third-order valence-electron chi connectivity index (χ3n) is 2.70. The van der Waals surface area contributed by atoms with Gasteiger partial charge in [0.25, 0.3) is 5.88 Å². The molecule has 0 aromatic carbocycles. The molecule has 2 heterocycles. The summed E-state index contributed by atoms with van der Waals surface area (Å²) in [5, 5.41) is 12.9. The Bertz CT molecular complexity index is 348. The lowest BCUT2D eigenvalue weighted by Crippen LogP contribution is -2.32. The maximum Gasteiger partial charge on any atom is 0.254 e. The molecule has 1 aliphatic heterocycles. The van der Waals surface area contributed by atoms with E-state index in [1.165, 1.54) is 0 Å². The quantitative estimate of drug-likeness (QED) is 0.827. The Kier molecular flexibility index (Phi) is 4.98. The van der Waals surface area contributed by atoms with E-state index < -0.39 is 6.10 Å². The molecule has 1 fully saturated rings. The van der Waals surface area contributed by atoms with Crippen LogP contribution in [0, 0.1) is 6.92 Å². The van der Waals surface area contributed by atoms with E-state index in [-0.39, 0.29) is 19.5 Å². The number of hydrogen-bond acceptors (Lipinski definition) is 6. The smallest absolute Gasteiger partial charge is 0.254 e. The van der Waals surface area contributed by atoms with E-state index in [0.29, 0.717) is 11.6 Å². The number of hydrogen-bond donors (Lipinski definition) is 1. The van der Waals surface area contributed by atoms with Gasteiger partial charge in [-0.15, -0.1) is 0 Å². The van der Waals surface area contributed by atoms with Crippen LogP contribution < -0.4 is 4.74 Å². The van der Waals surface area contributed by atoms with Crippen molar-refractivity contribution < 1.29 is 23.8 Å². The number of aliphatic hydroxyl groups is 1. The van der Waals surface area contributed by atoms with Crippen molar-refractivity contribution in [2.45, 2.75) is 38.6 Å². The molecule has 0 bridgehead atoms. The number of ether oxygens (including phenoxy) is 3. The van der Waals surface area contributed by atoms with Gasteiger partial charge in [0, 0.05) is 12.7 Å². The average molecular weight is 257 g/mol. The van der Waals surface area contributed by atoms with Crippen molar-refractivity contribution in [1.82, 2.24) is 5.16 Å². The van der Waals surface area contributed by atoms with Crippen LogP contribution in [0.3, 0.4) is 0 Å². The van der Waals surface area contributed by atoms with Gasteiger partial charge in [0.2, 0.25) is 0 Å². The van der Waals surface area contributed by atoms with E-state index in [1.807, 2.05) is 0 Å². The predicted octanol–water partition coefficient (Wildman–Crippen LogP) is 1.27. The van der Waals surface area contributed by atoms with E-state index in [1.54, 1.807) is 13.0 Å². The number of aromatic nitrogens is 1. The maximum absolute atomic E-state index is 9.22. The topological polar surface area (TPSA) is 74.0 Å². The van der Waals surface area contributed by atoms with Gasteiger partial charge in [0.1, 0.15) is 11.9 Å². The molecule has 0 aliphatic carbocycles. The molecule has 0 saturated carbocycles. The van der Waals surface area contributed by atoms with Gasteiger partial charge in [-0.1, -0.05) is 0 Å². The summed E-state index contributed by atoms with van der Waals surface area (Å²) in [5.74, 6) is 1.03. The normalized spacial score (nSPS) is 21.8. The van der Waals surface area contributed by atoms with Gasteiger partial charge in [-0.25, -0.2) is 0 Å². The third kappa shape index (κ3) is 3.97. The molecule has 2 atom stereocenters. The van der Waals surface area contributed by atoms with Crippen LogP contribution in [0.1, 0.15) is 25.0 Å². The minimum Gasteiger partial charge on any atom is -0.467 e. The number of nitrogens with zero attached hydrogens (tertiary/aromatic N) is 1. The van der Waals surface area contributed by atoms with Crippen LogP contribution in [0.5, 0.6) is 5.88 Å². The van der Waals surface area contributed by atoms with Gasteiger partial charge in [-0.2, -0.15) is 0 Å². The summed E-state index contributed by atoms with van der Waals surface area (Å²) in [6, 6.07) is 1.67. The van der Waals surface area contributed by atoms with Crippen LogP contribution in [0.2, 0.25) is 0 Å². The first kappa shape index (κ1) is 13.3. The second kappa shape index (κ2) is 6.72. The fraction of sp³-hybridized carbons (Fsp3) is 0.750.